The van der Waals surface area contributed by atoms with E-state index in [1.165, 1.54) is 0 Å². The van der Waals surface area contributed by atoms with Crippen LogP contribution in [-0.4, -0.2) is 38.1 Å². The van der Waals surface area contributed by atoms with Gasteiger partial charge in [0.05, 0.1) is 19.7 Å². The first kappa shape index (κ1) is 16.5. The van der Waals surface area contributed by atoms with Gasteiger partial charge < -0.3 is 15.0 Å². The van der Waals surface area contributed by atoms with Gasteiger partial charge in [-0.2, -0.15) is 0 Å². The third kappa shape index (κ3) is 4.84. The van der Waals surface area contributed by atoms with E-state index in [0.29, 0.717) is 19.7 Å². The quantitative estimate of drug-likeness (QED) is 0.791. The molecule has 1 saturated heterocycles. The number of aryl methyl sites for hydroxylation is 1. The first-order valence-corrected chi connectivity index (χ1v) is 7.95. The number of ether oxygens (including phenoxy) is 1. The summed E-state index contributed by atoms with van der Waals surface area (Å²) in [5.41, 5.74) is 1.98. The fourth-order valence-corrected chi connectivity index (χ4v) is 2.84. The highest BCUT2D eigenvalue weighted by Gasteiger charge is 2.30. The number of esters is 1. The molecule has 2 atom stereocenters. The number of carbonyl (C=O) groups is 2. The summed E-state index contributed by atoms with van der Waals surface area (Å²) < 4.78 is 5.09. The molecule has 1 aromatic carbocycles. The molecule has 0 bridgehead atoms. The van der Waals surface area contributed by atoms with Crippen molar-refractivity contribution in [1.29, 1.82) is 0 Å². The monoisotopic (exact) mass is 305 g/mol. The highest BCUT2D eigenvalue weighted by Crippen LogP contribution is 2.10. The van der Waals surface area contributed by atoms with Crippen molar-refractivity contribution in [2.75, 3.05) is 31.6 Å². The summed E-state index contributed by atoms with van der Waals surface area (Å²) in [5, 5.41) is 2.91. The van der Waals surface area contributed by atoms with Gasteiger partial charge in [0.2, 0.25) is 0 Å². The number of hydrogen-bond donors (Lipinski definition) is 2. The van der Waals surface area contributed by atoms with Crippen LogP contribution in [0, 0.1) is 12.8 Å². The maximum atomic E-state index is 12.1. The highest BCUT2D eigenvalue weighted by molar-refractivity contribution is 5.91. The lowest BCUT2D eigenvalue weighted by molar-refractivity contribution is -0.899. The van der Waals surface area contributed by atoms with Crippen LogP contribution in [-0.2, 0) is 14.3 Å². The Morgan fingerprint density at radius 2 is 2.05 bits per heavy atom. The average molecular weight is 305 g/mol. The number of quaternary nitrogens is 1. The fraction of sp³-hybridized carbons (Fsp3) is 0.529. The Morgan fingerprint density at radius 1 is 1.32 bits per heavy atom. The zero-order valence-corrected chi connectivity index (χ0v) is 13.4. The van der Waals surface area contributed by atoms with E-state index >= 15 is 0 Å². The Hall–Kier alpha value is -1.88. The first-order chi connectivity index (χ1) is 10.6. The zero-order valence-electron chi connectivity index (χ0n) is 13.4. The molecule has 1 aliphatic rings. The molecule has 1 aliphatic heterocycles. The van der Waals surface area contributed by atoms with Gasteiger partial charge in [0.15, 0.2) is 6.54 Å². The highest BCUT2D eigenvalue weighted by atomic mass is 16.5. The third-order valence-corrected chi connectivity index (χ3v) is 3.98. The summed E-state index contributed by atoms with van der Waals surface area (Å²) in [4.78, 5) is 25.1. The molecule has 2 N–H and O–H groups in total. The minimum absolute atomic E-state index is 0.0108. The molecular weight excluding hydrogens is 280 g/mol. The summed E-state index contributed by atoms with van der Waals surface area (Å²) in [6.07, 6.45) is 1.82. The van der Waals surface area contributed by atoms with Crippen molar-refractivity contribution in [2.45, 2.75) is 26.7 Å². The second kappa shape index (κ2) is 7.94. The van der Waals surface area contributed by atoms with Crippen LogP contribution in [0.4, 0.5) is 5.69 Å². The van der Waals surface area contributed by atoms with E-state index < -0.39 is 0 Å². The number of hydrogen-bond acceptors (Lipinski definition) is 3. The molecule has 0 radical (unpaired) electrons. The van der Waals surface area contributed by atoms with Crippen molar-refractivity contribution >= 4 is 17.6 Å². The number of amides is 1. The van der Waals surface area contributed by atoms with E-state index in [-0.39, 0.29) is 17.8 Å². The second-order valence-electron chi connectivity index (χ2n) is 5.89. The molecule has 22 heavy (non-hydrogen) atoms. The number of carbonyl (C=O) groups excluding carboxylic acids is 2. The van der Waals surface area contributed by atoms with Crippen molar-refractivity contribution in [1.82, 2.24) is 0 Å². The summed E-state index contributed by atoms with van der Waals surface area (Å²) in [5.74, 6) is -0.210. The summed E-state index contributed by atoms with van der Waals surface area (Å²) in [6, 6.07) is 7.75. The van der Waals surface area contributed by atoms with Gasteiger partial charge in [-0.3, -0.25) is 9.59 Å². The van der Waals surface area contributed by atoms with Crippen LogP contribution >= 0.6 is 0 Å². The molecule has 2 rings (SSSR count). The lowest BCUT2D eigenvalue weighted by Gasteiger charge is -2.28. The largest absolute Gasteiger partial charge is 0.466 e. The van der Waals surface area contributed by atoms with Gasteiger partial charge in [-0.05, 0) is 38.8 Å². The first-order valence-electron chi connectivity index (χ1n) is 7.95. The van der Waals surface area contributed by atoms with Crippen molar-refractivity contribution < 1.29 is 19.2 Å². The predicted molar refractivity (Wildman–Crippen MR) is 84.7 cm³/mol. The maximum Gasteiger partial charge on any atom is 0.314 e. The number of piperidine rings is 1. The Morgan fingerprint density at radius 3 is 2.73 bits per heavy atom. The van der Waals surface area contributed by atoms with Gasteiger partial charge in [-0.25, -0.2) is 0 Å². The van der Waals surface area contributed by atoms with E-state index in [1.54, 1.807) is 0 Å². The van der Waals surface area contributed by atoms with E-state index in [9.17, 15) is 9.59 Å². The van der Waals surface area contributed by atoms with E-state index in [4.69, 9.17) is 4.74 Å². The van der Waals surface area contributed by atoms with Crippen LogP contribution in [0.15, 0.2) is 24.3 Å². The molecule has 0 saturated carbocycles. The third-order valence-electron chi connectivity index (χ3n) is 3.98. The standard InChI is InChI=1S/C17H24N2O3/c1-3-22-17(21)14-5-4-10-19(11-14)12-16(20)18-15-8-6-13(2)7-9-15/h6-9,14H,3-5,10-12H2,1-2H3,(H,18,20)/p+1/t14-/m0/s1. The van der Waals surface area contributed by atoms with Crippen LogP contribution < -0.4 is 10.2 Å². The number of nitrogens with one attached hydrogen (secondary N) is 2. The second-order valence-corrected chi connectivity index (χ2v) is 5.89. The van der Waals surface area contributed by atoms with E-state index in [1.807, 2.05) is 38.1 Å². The van der Waals surface area contributed by atoms with Crippen LogP contribution in [0.3, 0.4) is 0 Å². The zero-order chi connectivity index (χ0) is 15.9. The minimum atomic E-state index is -0.126. The van der Waals surface area contributed by atoms with Crippen molar-refractivity contribution in [3.63, 3.8) is 0 Å². The molecule has 1 fully saturated rings. The normalized spacial score (nSPS) is 21.2. The van der Waals surface area contributed by atoms with Crippen molar-refractivity contribution in [2.24, 2.45) is 5.92 Å². The van der Waals surface area contributed by atoms with Crippen molar-refractivity contribution in [3.8, 4) is 0 Å². The summed E-state index contributed by atoms with van der Waals surface area (Å²) in [6.45, 7) is 6.25. The molecule has 5 nitrogen and oxygen atoms in total. The van der Waals surface area contributed by atoms with Gasteiger partial charge in [0.25, 0.3) is 5.91 Å². The topological polar surface area (TPSA) is 59.8 Å². The van der Waals surface area contributed by atoms with Gasteiger partial charge in [-0.15, -0.1) is 0 Å². The molecule has 120 valence electrons. The van der Waals surface area contributed by atoms with E-state index in [2.05, 4.69) is 5.32 Å². The van der Waals surface area contributed by atoms with Crippen LogP contribution in [0.5, 0.6) is 0 Å². The molecule has 5 heteroatoms. The van der Waals surface area contributed by atoms with Gasteiger partial charge in [-0.1, -0.05) is 17.7 Å². The van der Waals surface area contributed by atoms with Gasteiger partial charge in [0.1, 0.15) is 5.92 Å². The number of anilines is 1. The fourth-order valence-electron chi connectivity index (χ4n) is 2.84. The predicted octanol–water partition coefficient (Wildman–Crippen LogP) is 0.792. The molecular formula is C17H25N2O3+. The molecule has 1 unspecified atom stereocenters. The van der Waals surface area contributed by atoms with Crippen LogP contribution in [0.25, 0.3) is 0 Å². The smallest absolute Gasteiger partial charge is 0.314 e. The van der Waals surface area contributed by atoms with Crippen LogP contribution in [0.1, 0.15) is 25.3 Å². The number of rotatable bonds is 5. The number of benzene rings is 1. The summed E-state index contributed by atoms with van der Waals surface area (Å²) >= 11 is 0. The lowest BCUT2D eigenvalue weighted by atomic mass is 9.98. The maximum absolute atomic E-state index is 12.1. The van der Waals surface area contributed by atoms with Crippen molar-refractivity contribution in [3.05, 3.63) is 29.8 Å². The molecule has 1 aromatic rings. The Balaban J connectivity index is 1.83. The number of likely N-dealkylation sites (tertiary alicyclic amines) is 1. The lowest BCUT2D eigenvalue weighted by Crippen LogP contribution is -3.14. The van der Waals surface area contributed by atoms with Gasteiger partial charge >= 0.3 is 5.97 Å². The molecule has 1 heterocycles. The SMILES string of the molecule is CCOC(=O)[C@H]1CCC[NH+](CC(=O)Nc2ccc(C)cc2)C1. The average Bonchev–Trinajstić information content (AvgIpc) is 2.50. The Kier molecular flexibility index (Phi) is 5.95. The molecule has 0 aromatic heterocycles. The summed E-state index contributed by atoms with van der Waals surface area (Å²) in [7, 11) is 0. The molecule has 0 spiro atoms. The van der Waals surface area contributed by atoms with Gasteiger partial charge in [0, 0.05) is 5.69 Å². The minimum Gasteiger partial charge on any atom is -0.466 e. The molecule has 0 aliphatic carbocycles. The molecule has 1 amide bonds. The van der Waals surface area contributed by atoms with Crippen LogP contribution in [0.2, 0.25) is 0 Å². The van der Waals surface area contributed by atoms with E-state index in [0.717, 1.165) is 35.5 Å². The Labute approximate surface area is 131 Å². The Bertz CT molecular complexity index is 513.